The number of hydrogen-bond acceptors (Lipinski definition) is 3. The molecule has 0 bridgehead atoms. The van der Waals surface area contributed by atoms with E-state index in [-0.39, 0.29) is 17.5 Å². The largest absolute Gasteiger partial charge is 0.459 e. The number of carbonyl (C=O) groups excluding carboxylic acids is 1. The Hall–Kier alpha value is -1.61. The SMILES string of the molecule is CN1CCC=C(C(=O)O[C@@H]2CCCC[C@H]2C(C)(C)c2ccccc2)C1. The smallest absolute Gasteiger partial charge is 0.335 e. The minimum Gasteiger partial charge on any atom is -0.459 e. The minimum absolute atomic E-state index is 0.00433. The van der Waals surface area contributed by atoms with Crippen LogP contribution in [0.2, 0.25) is 0 Å². The molecule has 0 aromatic heterocycles. The second-order valence-corrected chi connectivity index (χ2v) is 8.18. The quantitative estimate of drug-likeness (QED) is 0.764. The summed E-state index contributed by atoms with van der Waals surface area (Å²) < 4.78 is 6.07. The molecule has 0 N–H and O–H groups in total. The first kappa shape index (κ1) is 18.2. The van der Waals surface area contributed by atoms with Gasteiger partial charge in [0.25, 0.3) is 0 Å². The third-order valence-electron chi connectivity index (χ3n) is 6.01. The Labute approximate surface area is 152 Å². The molecule has 3 heteroatoms. The summed E-state index contributed by atoms with van der Waals surface area (Å²) in [6.45, 7) is 6.32. The molecule has 1 saturated carbocycles. The van der Waals surface area contributed by atoms with Gasteiger partial charge in [-0.2, -0.15) is 0 Å². The fourth-order valence-corrected chi connectivity index (χ4v) is 4.40. The van der Waals surface area contributed by atoms with Gasteiger partial charge in [-0.1, -0.05) is 56.7 Å². The van der Waals surface area contributed by atoms with E-state index in [1.165, 1.54) is 12.0 Å². The number of likely N-dealkylation sites (N-methyl/N-ethyl adjacent to an activating group) is 1. The van der Waals surface area contributed by atoms with Crippen molar-refractivity contribution >= 4 is 5.97 Å². The summed E-state index contributed by atoms with van der Waals surface area (Å²) >= 11 is 0. The highest BCUT2D eigenvalue weighted by molar-refractivity contribution is 5.89. The number of esters is 1. The Morgan fingerprint density at radius 2 is 1.88 bits per heavy atom. The fourth-order valence-electron chi connectivity index (χ4n) is 4.40. The van der Waals surface area contributed by atoms with E-state index in [1.54, 1.807) is 0 Å². The van der Waals surface area contributed by atoms with Crippen molar-refractivity contribution in [2.24, 2.45) is 5.92 Å². The summed E-state index contributed by atoms with van der Waals surface area (Å²) in [5, 5.41) is 0. The van der Waals surface area contributed by atoms with Crippen molar-refractivity contribution in [2.75, 3.05) is 20.1 Å². The van der Waals surface area contributed by atoms with Crippen LogP contribution in [-0.2, 0) is 14.9 Å². The highest BCUT2D eigenvalue weighted by Crippen LogP contribution is 2.42. The maximum Gasteiger partial charge on any atom is 0.335 e. The Morgan fingerprint density at radius 1 is 1.16 bits per heavy atom. The lowest BCUT2D eigenvalue weighted by atomic mass is 9.66. The number of carbonyl (C=O) groups is 1. The van der Waals surface area contributed by atoms with Gasteiger partial charge in [-0.05, 0) is 43.7 Å². The van der Waals surface area contributed by atoms with Crippen molar-refractivity contribution in [1.29, 1.82) is 0 Å². The summed E-state index contributed by atoms with van der Waals surface area (Å²) in [5.41, 5.74) is 2.17. The van der Waals surface area contributed by atoms with Gasteiger partial charge in [-0.25, -0.2) is 4.79 Å². The van der Waals surface area contributed by atoms with Gasteiger partial charge in [0, 0.05) is 24.6 Å². The third kappa shape index (κ3) is 4.14. The summed E-state index contributed by atoms with van der Waals surface area (Å²) in [5.74, 6) is 0.266. The van der Waals surface area contributed by atoms with Crippen molar-refractivity contribution in [2.45, 2.75) is 57.5 Å². The van der Waals surface area contributed by atoms with Crippen LogP contribution in [-0.4, -0.2) is 37.1 Å². The fraction of sp³-hybridized carbons (Fsp3) is 0.591. The van der Waals surface area contributed by atoms with E-state index in [0.29, 0.717) is 12.5 Å². The molecule has 1 aromatic rings. The molecule has 0 saturated heterocycles. The second-order valence-electron chi connectivity index (χ2n) is 8.18. The summed E-state index contributed by atoms with van der Waals surface area (Å²) in [4.78, 5) is 14.9. The molecule has 1 aliphatic heterocycles. The van der Waals surface area contributed by atoms with Crippen LogP contribution in [0.3, 0.4) is 0 Å². The topological polar surface area (TPSA) is 29.5 Å². The normalized spacial score (nSPS) is 25.3. The van der Waals surface area contributed by atoms with E-state index in [2.05, 4.69) is 62.2 Å². The van der Waals surface area contributed by atoms with Crippen molar-refractivity contribution in [3.8, 4) is 0 Å². The third-order valence-corrected chi connectivity index (χ3v) is 6.01. The zero-order chi connectivity index (χ0) is 17.9. The summed E-state index contributed by atoms with van der Waals surface area (Å²) in [6.07, 6.45) is 7.49. The standard InChI is InChI=1S/C22H31NO2/c1-22(2,18-11-5-4-6-12-18)19-13-7-8-14-20(19)25-21(24)17-10-9-15-23(3)16-17/h4-6,10-12,19-20H,7-9,13-16H2,1-3H3/t19-,20-/m1/s1. The van der Waals surface area contributed by atoms with Crippen LogP contribution < -0.4 is 0 Å². The Morgan fingerprint density at radius 3 is 2.60 bits per heavy atom. The first-order valence-corrected chi connectivity index (χ1v) is 9.62. The van der Waals surface area contributed by atoms with Gasteiger partial charge in [0.2, 0.25) is 0 Å². The molecule has 136 valence electrons. The average molecular weight is 341 g/mol. The molecule has 3 rings (SSSR count). The molecule has 3 nitrogen and oxygen atoms in total. The van der Waals surface area contributed by atoms with Gasteiger partial charge in [-0.3, -0.25) is 0 Å². The van der Waals surface area contributed by atoms with Gasteiger partial charge in [-0.15, -0.1) is 0 Å². The molecule has 0 spiro atoms. The van der Waals surface area contributed by atoms with E-state index < -0.39 is 0 Å². The maximum atomic E-state index is 12.7. The number of rotatable bonds is 4. The average Bonchev–Trinajstić information content (AvgIpc) is 2.63. The van der Waals surface area contributed by atoms with E-state index >= 15 is 0 Å². The van der Waals surface area contributed by atoms with E-state index in [9.17, 15) is 4.79 Å². The van der Waals surface area contributed by atoms with Gasteiger partial charge in [0.05, 0.1) is 0 Å². The molecular weight excluding hydrogens is 310 g/mol. The van der Waals surface area contributed by atoms with Crippen LogP contribution in [0.4, 0.5) is 0 Å². The monoisotopic (exact) mass is 341 g/mol. The van der Waals surface area contributed by atoms with Crippen molar-refractivity contribution in [3.63, 3.8) is 0 Å². The molecule has 1 fully saturated rings. The highest BCUT2D eigenvalue weighted by Gasteiger charge is 2.40. The van der Waals surface area contributed by atoms with Crippen LogP contribution in [0.15, 0.2) is 42.0 Å². The summed E-state index contributed by atoms with van der Waals surface area (Å²) in [6, 6.07) is 10.7. The number of nitrogens with zero attached hydrogens (tertiary/aromatic N) is 1. The minimum atomic E-state index is -0.104. The van der Waals surface area contributed by atoms with Crippen LogP contribution in [0.25, 0.3) is 0 Å². The molecule has 2 aliphatic rings. The van der Waals surface area contributed by atoms with Gasteiger partial charge in [0.1, 0.15) is 6.10 Å². The van der Waals surface area contributed by atoms with Crippen LogP contribution in [0, 0.1) is 5.92 Å². The van der Waals surface area contributed by atoms with E-state index in [1.807, 2.05) is 0 Å². The van der Waals surface area contributed by atoms with Gasteiger partial charge in [0.15, 0.2) is 0 Å². The molecule has 25 heavy (non-hydrogen) atoms. The molecule has 1 aliphatic carbocycles. The number of hydrogen-bond donors (Lipinski definition) is 0. The predicted molar refractivity (Wildman–Crippen MR) is 102 cm³/mol. The lowest BCUT2D eigenvalue weighted by Crippen LogP contribution is -2.42. The molecule has 0 radical (unpaired) electrons. The second kappa shape index (κ2) is 7.74. The first-order chi connectivity index (χ1) is 12.0. The highest BCUT2D eigenvalue weighted by atomic mass is 16.5. The maximum absolute atomic E-state index is 12.7. The molecule has 2 atom stereocenters. The lowest BCUT2D eigenvalue weighted by molar-refractivity contribution is -0.151. The predicted octanol–water partition coefficient (Wildman–Crippen LogP) is 4.33. The van der Waals surface area contributed by atoms with E-state index in [4.69, 9.17) is 4.74 Å². The first-order valence-electron chi connectivity index (χ1n) is 9.62. The van der Waals surface area contributed by atoms with Crippen LogP contribution >= 0.6 is 0 Å². The van der Waals surface area contributed by atoms with Crippen molar-refractivity contribution in [3.05, 3.63) is 47.5 Å². The van der Waals surface area contributed by atoms with Gasteiger partial charge >= 0.3 is 5.97 Å². The van der Waals surface area contributed by atoms with Gasteiger partial charge < -0.3 is 9.64 Å². The van der Waals surface area contributed by atoms with Crippen molar-refractivity contribution < 1.29 is 9.53 Å². The van der Waals surface area contributed by atoms with Crippen LogP contribution in [0.1, 0.15) is 51.5 Å². The number of benzene rings is 1. The molecule has 1 aromatic carbocycles. The number of ether oxygens (including phenoxy) is 1. The summed E-state index contributed by atoms with van der Waals surface area (Å²) in [7, 11) is 2.06. The lowest BCUT2D eigenvalue weighted by Gasteiger charge is -2.42. The molecular formula is C22H31NO2. The molecule has 1 heterocycles. The zero-order valence-corrected chi connectivity index (χ0v) is 15.8. The molecule has 0 unspecified atom stereocenters. The van der Waals surface area contributed by atoms with Crippen LogP contribution in [0.5, 0.6) is 0 Å². The van der Waals surface area contributed by atoms with E-state index in [0.717, 1.165) is 37.8 Å². The van der Waals surface area contributed by atoms with Crippen molar-refractivity contribution in [1.82, 2.24) is 4.90 Å². The Balaban J connectivity index is 1.75. The molecule has 0 amide bonds. The Kier molecular flexibility index (Phi) is 5.63. The zero-order valence-electron chi connectivity index (χ0n) is 15.8. The Bertz CT molecular complexity index is 620.